The van der Waals surface area contributed by atoms with Gasteiger partial charge in [0.1, 0.15) is 10.1 Å². The van der Waals surface area contributed by atoms with Gasteiger partial charge < -0.3 is 29.5 Å². The predicted octanol–water partition coefficient (Wildman–Crippen LogP) is -13.2. The first-order valence-corrected chi connectivity index (χ1v) is 5.10. The van der Waals surface area contributed by atoms with Gasteiger partial charge in [0.05, 0.1) is 11.2 Å². The van der Waals surface area contributed by atoms with E-state index >= 15 is 0 Å². The van der Waals surface area contributed by atoms with Crippen LogP contribution in [0.15, 0.2) is 0 Å². The Kier molecular flexibility index (Phi) is 29.9. The van der Waals surface area contributed by atoms with E-state index in [1.807, 2.05) is 0 Å². The standard InChI is InChI=1S/C4H6O7S.C2H6O.3Na/c5-3(6)1-2(4(7)8)12(9,10)11;1-2-3;;;/h2H,1H2,(H,5,6)(H,7,8)(H,9,10,11);3H,2H2,1H3;;;/q;;3*+1/p-3. The molecular formula is C6H9Na3O8S. The summed E-state index contributed by atoms with van der Waals surface area (Å²) < 4.78 is 30.1. The van der Waals surface area contributed by atoms with Crippen LogP contribution in [0.3, 0.4) is 0 Å². The molecule has 0 aromatic rings. The van der Waals surface area contributed by atoms with Gasteiger partial charge in [-0.3, -0.25) is 0 Å². The molecular weight excluding hydrogens is 301 g/mol. The van der Waals surface area contributed by atoms with Gasteiger partial charge in [-0.1, -0.05) is 0 Å². The third-order valence-electron chi connectivity index (χ3n) is 0.963. The molecule has 0 spiro atoms. The summed E-state index contributed by atoms with van der Waals surface area (Å²) in [6.45, 7) is 1.93. The van der Waals surface area contributed by atoms with Crippen LogP contribution in [0.1, 0.15) is 13.3 Å². The third-order valence-corrected chi connectivity index (χ3v) is 2.02. The fraction of sp³-hybridized carbons (Fsp3) is 0.667. The first-order valence-electron chi connectivity index (χ1n) is 3.63. The molecule has 0 fully saturated rings. The van der Waals surface area contributed by atoms with Crippen LogP contribution in [0.4, 0.5) is 0 Å². The number of aliphatic hydroxyl groups excluding tert-OH is 1. The molecule has 18 heavy (non-hydrogen) atoms. The summed E-state index contributed by atoms with van der Waals surface area (Å²) in [5, 5.41) is 24.6. The van der Waals surface area contributed by atoms with Gasteiger partial charge in [0.15, 0.2) is 0 Å². The Bertz CT molecular complexity index is 317. The van der Waals surface area contributed by atoms with Gasteiger partial charge in [-0.05, 0) is 6.92 Å². The van der Waals surface area contributed by atoms with Crippen molar-refractivity contribution in [2.45, 2.75) is 18.6 Å². The molecule has 1 atom stereocenters. The van der Waals surface area contributed by atoms with E-state index in [9.17, 15) is 32.8 Å². The SMILES string of the molecule is CCO.O=C([O-])CC(C(=O)[O-])S(=O)(=O)[O-].[Na+].[Na+].[Na+]. The fourth-order valence-electron chi connectivity index (χ4n) is 0.455. The van der Waals surface area contributed by atoms with Gasteiger partial charge in [0.2, 0.25) is 0 Å². The smallest absolute Gasteiger partial charge is 0.747 e. The molecule has 0 radical (unpaired) electrons. The molecule has 0 aliphatic carbocycles. The predicted molar refractivity (Wildman–Crippen MR) is 40.9 cm³/mol. The van der Waals surface area contributed by atoms with Crippen LogP contribution in [0.5, 0.6) is 0 Å². The minimum Gasteiger partial charge on any atom is -0.747 e. The van der Waals surface area contributed by atoms with Gasteiger partial charge >= 0.3 is 88.7 Å². The second-order valence-electron chi connectivity index (χ2n) is 2.19. The van der Waals surface area contributed by atoms with Crippen molar-refractivity contribution < 1.29 is 127 Å². The molecule has 0 saturated carbocycles. The molecule has 0 aromatic heterocycles. The Morgan fingerprint density at radius 1 is 1.17 bits per heavy atom. The van der Waals surface area contributed by atoms with E-state index in [1.54, 1.807) is 6.92 Å². The number of rotatable bonds is 4. The van der Waals surface area contributed by atoms with Gasteiger partial charge in [-0.15, -0.1) is 0 Å². The normalized spacial score (nSPS) is 10.2. The second-order valence-corrected chi connectivity index (χ2v) is 3.75. The molecule has 0 saturated heterocycles. The van der Waals surface area contributed by atoms with E-state index in [-0.39, 0.29) is 95.3 Å². The number of carboxylic acid groups (broad SMARTS) is 2. The summed E-state index contributed by atoms with van der Waals surface area (Å²) in [4.78, 5) is 19.7. The molecule has 90 valence electrons. The summed E-state index contributed by atoms with van der Waals surface area (Å²) >= 11 is 0. The number of carbonyl (C=O) groups excluding carboxylic acids is 2. The van der Waals surface area contributed by atoms with Crippen LogP contribution >= 0.6 is 0 Å². The first kappa shape index (κ1) is 32.0. The van der Waals surface area contributed by atoms with Crippen molar-refractivity contribution in [1.82, 2.24) is 0 Å². The van der Waals surface area contributed by atoms with Gasteiger partial charge in [-0.25, -0.2) is 8.42 Å². The molecule has 12 heteroatoms. The minimum absolute atomic E-state index is 0. The zero-order chi connectivity index (χ0) is 12.6. The number of hydrogen-bond acceptors (Lipinski definition) is 8. The molecule has 0 bridgehead atoms. The van der Waals surface area contributed by atoms with E-state index < -0.39 is 33.7 Å². The molecule has 0 aliphatic heterocycles. The van der Waals surface area contributed by atoms with E-state index in [1.165, 1.54) is 0 Å². The zero-order valence-electron chi connectivity index (χ0n) is 10.7. The fourth-order valence-corrected chi connectivity index (χ4v) is 1.03. The van der Waals surface area contributed by atoms with Crippen molar-refractivity contribution in [1.29, 1.82) is 0 Å². The van der Waals surface area contributed by atoms with E-state index in [4.69, 9.17) is 5.11 Å². The van der Waals surface area contributed by atoms with Crippen molar-refractivity contribution in [3.05, 3.63) is 0 Å². The van der Waals surface area contributed by atoms with Crippen molar-refractivity contribution in [3.63, 3.8) is 0 Å². The summed E-state index contributed by atoms with van der Waals surface area (Å²) in [5.74, 6) is -4.18. The molecule has 1 N–H and O–H groups in total. The topological polar surface area (TPSA) is 158 Å². The maximum Gasteiger partial charge on any atom is 1.00 e. The Morgan fingerprint density at radius 3 is 1.50 bits per heavy atom. The maximum atomic E-state index is 10.0. The monoisotopic (exact) mass is 310 g/mol. The Labute approximate surface area is 171 Å². The van der Waals surface area contributed by atoms with Crippen LogP contribution in [0.25, 0.3) is 0 Å². The van der Waals surface area contributed by atoms with Crippen LogP contribution in [-0.2, 0) is 19.7 Å². The Morgan fingerprint density at radius 2 is 1.44 bits per heavy atom. The van der Waals surface area contributed by atoms with Crippen molar-refractivity contribution >= 4 is 22.1 Å². The third kappa shape index (κ3) is 20.1. The average Bonchev–Trinajstić information content (AvgIpc) is 1.98. The summed E-state index contributed by atoms with van der Waals surface area (Å²) in [5.41, 5.74) is 0. The molecule has 0 heterocycles. The number of hydrogen-bond donors (Lipinski definition) is 1. The number of carbonyl (C=O) groups is 2. The number of carboxylic acids is 2. The summed E-state index contributed by atoms with van der Waals surface area (Å²) in [7, 11) is -5.19. The molecule has 8 nitrogen and oxygen atoms in total. The molecule has 0 rings (SSSR count). The van der Waals surface area contributed by atoms with Crippen molar-refractivity contribution in [2.75, 3.05) is 6.61 Å². The van der Waals surface area contributed by atoms with Gasteiger partial charge in [0, 0.05) is 19.0 Å². The van der Waals surface area contributed by atoms with E-state index in [0.29, 0.717) is 0 Å². The second kappa shape index (κ2) is 16.9. The Hall–Kier alpha value is 1.81. The first-order chi connectivity index (χ1) is 6.66. The van der Waals surface area contributed by atoms with Gasteiger partial charge in [-0.2, -0.15) is 0 Å². The largest absolute Gasteiger partial charge is 1.00 e. The minimum atomic E-state index is -5.19. The number of aliphatic hydroxyl groups is 1. The molecule has 0 aromatic carbocycles. The van der Waals surface area contributed by atoms with E-state index in [2.05, 4.69) is 0 Å². The van der Waals surface area contributed by atoms with Crippen LogP contribution in [0, 0.1) is 0 Å². The zero-order valence-corrected chi connectivity index (χ0v) is 17.5. The summed E-state index contributed by atoms with van der Waals surface area (Å²) in [6, 6.07) is 0. The summed E-state index contributed by atoms with van der Waals surface area (Å²) in [6.07, 6.45) is -1.39. The van der Waals surface area contributed by atoms with Crippen LogP contribution in [-0.4, -0.2) is 41.9 Å². The van der Waals surface area contributed by atoms with Gasteiger partial charge in [0.25, 0.3) is 0 Å². The van der Waals surface area contributed by atoms with Crippen LogP contribution in [0.2, 0.25) is 0 Å². The average molecular weight is 310 g/mol. The van der Waals surface area contributed by atoms with Crippen LogP contribution < -0.4 is 98.9 Å². The van der Waals surface area contributed by atoms with Crippen molar-refractivity contribution in [3.8, 4) is 0 Å². The van der Waals surface area contributed by atoms with Crippen molar-refractivity contribution in [2.24, 2.45) is 0 Å². The Balaban J connectivity index is -0.0000000852. The quantitative estimate of drug-likeness (QED) is 0.396. The maximum absolute atomic E-state index is 10.0. The molecule has 0 aliphatic rings. The van der Waals surface area contributed by atoms with E-state index in [0.717, 1.165) is 0 Å². The molecule has 0 amide bonds. The number of aliphatic carboxylic acids is 2. The molecule has 1 unspecified atom stereocenters.